The van der Waals surface area contributed by atoms with Crippen molar-refractivity contribution in [2.45, 2.75) is 31.9 Å². The highest BCUT2D eigenvalue weighted by molar-refractivity contribution is 5.67. The molecule has 1 atom stereocenters. The summed E-state index contributed by atoms with van der Waals surface area (Å²) in [6.45, 7) is 4.02. The molecule has 0 fully saturated rings. The van der Waals surface area contributed by atoms with Crippen molar-refractivity contribution in [2.75, 3.05) is 0 Å². The van der Waals surface area contributed by atoms with Gasteiger partial charge in [-0.3, -0.25) is 0 Å². The number of nitrogens with one attached hydrogen (secondary N) is 1. The second-order valence-electron chi connectivity index (χ2n) is 5.39. The van der Waals surface area contributed by atoms with Gasteiger partial charge in [-0.15, -0.1) is 6.58 Å². The molecule has 0 spiro atoms. The molecule has 23 heavy (non-hydrogen) atoms. The van der Waals surface area contributed by atoms with Gasteiger partial charge in [-0.1, -0.05) is 66.7 Å². The first-order valence-electron chi connectivity index (χ1n) is 7.92. The van der Waals surface area contributed by atoms with E-state index in [2.05, 4.69) is 11.9 Å². The number of carbonyl (C=O) groups excluding carboxylic acids is 1. The summed E-state index contributed by atoms with van der Waals surface area (Å²) in [6.07, 6.45) is 4.28. The van der Waals surface area contributed by atoms with E-state index in [0.29, 0.717) is 0 Å². The van der Waals surface area contributed by atoms with Gasteiger partial charge in [0.2, 0.25) is 0 Å². The van der Waals surface area contributed by atoms with E-state index in [1.807, 2.05) is 66.7 Å². The second-order valence-corrected chi connectivity index (χ2v) is 5.39. The monoisotopic (exact) mass is 309 g/mol. The maximum absolute atomic E-state index is 12.1. The summed E-state index contributed by atoms with van der Waals surface area (Å²) in [5.41, 5.74) is 2.07. The quantitative estimate of drug-likeness (QED) is 0.550. The van der Waals surface area contributed by atoms with Crippen molar-refractivity contribution >= 4 is 6.09 Å². The Balaban J connectivity index is 1.90. The maximum atomic E-state index is 12.1. The van der Waals surface area contributed by atoms with Crippen molar-refractivity contribution in [3.8, 4) is 0 Å². The molecule has 0 aliphatic carbocycles. The van der Waals surface area contributed by atoms with E-state index in [0.717, 1.165) is 30.4 Å². The highest BCUT2D eigenvalue weighted by atomic mass is 16.5. The minimum Gasteiger partial charge on any atom is -0.445 e. The third-order valence-electron chi connectivity index (χ3n) is 3.61. The van der Waals surface area contributed by atoms with Crippen LogP contribution in [0.25, 0.3) is 0 Å². The smallest absolute Gasteiger partial charge is 0.407 e. The Morgan fingerprint density at radius 1 is 1.09 bits per heavy atom. The molecule has 120 valence electrons. The van der Waals surface area contributed by atoms with Crippen LogP contribution in [0.3, 0.4) is 0 Å². The molecular formula is C20H23NO2. The topological polar surface area (TPSA) is 38.3 Å². The van der Waals surface area contributed by atoms with Gasteiger partial charge in [-0.05, 0) is 30.4 Å². The van der Waals surface area contributed by atoms with E-state index in [-0.39, 0.29) is 18.7 Å². The highest BCUT2D eigenvalue weighted by Crippen LogP contribution is 2.19. The fourth-order valence-corrected chi connectivity index (χ4v) is 2.38. The largest absolute Gasteiger partial charge is 0.445 e. The first-order valence-corrected chi connectivity index (χ1v) is 7.92. The van der Waals surface area contributed by atoms with E-state index >= 15 is 0 Å². The first kappa shape index (κ1) is 16.8. The SMILES string of the molecule is C=CCCCC(NC(=O)OCc1ccccc1)c1ccccc1. The van der Waals surface area contributed by atoms with Gasteiger partial charge in [0.1, 0.15) is 6.61 Å². The molecule has 1 amide bonds. The number of unbranched alkanes of at least 4 members (excludes halogenated alkanes) is 1. The predicted molar refractivity (Wildman–Crippen MR) is 93.0 cm³/mol. The maximum Gasteiger partial charge on any atom is 0.407 e. The Morgan fingerprint density at radius 3 is 2.39 bits per heavy atom. The van der Waals surface area contributed by atoms with Crippen molar-refractivity contribution < 1.29 is 9.53 Å². The minimum atomic E-state index is -0.388. The number of amides is 1. The van der Waals surface area contributed by atoms with Crippen LogP contribution in [0.4, 0.5) is 4.79 Å². The van der Waals surface area contributed by atoms with Crippen molar-refractivity contribution in [3.63, 3.8) is 0 Å². The number of carbonyl (C=O) groups is 1. The highest BCUT2D eigenvalue weighted by Gasteiger charge is 2.14. The third kappa shape index (κ3) is 5.99. The van der Waals surface area contributed by atoms with Crippen LogP contribution in [0.1, 0.15) is 36.4 Å². The molecule has 1 N–H and O–H groups in total. The summed E-state index contributed by atoms with van der Waals surface area (Å²) in [4.78, 5) is 12.1. The number of rotatable bonds is 8. The van der Waals surface area contributed by atoms with E-state index in [4.69, 9.17) is 4.74 Å². The summed E-state index contributed by atoms with van der Waals surface area (Å²) in [5.74, 6) is 0. The van der Waals surface area contributed by atoms with Crippen LogP contribution >= 0.6 is 0 Å². The molecule has 3 heteroatoms. The molecule has 0 radical (unpaired) electrons. The molecule has 0 saturated carbocycles. The van der Waals surface area contributed by atoms with Crippen LogP contribution in [0, 0.1) is 0 Å². The van der Waals surface area contributed by atoms with Gasteiger partial charge >= 0.3 is 6.09 Å². The second kappa shape index (κ2) is 9.46. The number of hydrogen-bond donors (Lipinski definition) is 1. The van der Waals surface area contributed by atoms with Crippen LogP contribution in [0.15, 0.2) is 73.3 Å². The Bertz CT molecular complexity index is 596. The fourth-order valence-electron chi connectivity index (χ4n) is 2.38. The molecule has 2 rings (SSSR count). The van der Waals surface area contributed by atoms with Crippen molar-refractivity contribution in [1.29, 1.82) is 0 Å². The van der Waals surface area contributed by atoms with Crippen LogP contribution in [-0.2, 0) is 11.3 Å². The Hall–Kier alpha value is -2.55. The molecule has 2 aromatic rings. The van der Waals surface area contributed by atoms with Crippen molar-refractivity contribution in [3.05, 3.63) is 84.4 Å². The van der Waals surface area contributed by atoms with Crippen LogP contribution in [0.2, 0.25) is 0 Å². The number of alkyl carbamates (subject to hydrolysis) is 1. The van der Waals surface area contributed by atoms with E-state index in [1.165, 1.54) is 0 Å². The Labute approximate surface area is 138 Å². The zero-order valence-electron chi connectivity index (χ0n) is 13.3. The van der Waals surface area contributed by atoms with Gasteiger partial charge in [0.25, 0.3) is 0 Å². The van der Waals surface area contributed by atoms with Gasteiger partial charge in [0, 0.05) is 0 Å². The predicted octanol–water partition coefficient (Wildman–Crippen LogP) is 5.01. The summed E-state index contributed by atoms with van der Waals surface area (Å²) in [7, 11) is 0. The van der Waals surface area contributed by atoms with Crippen LogP contribution in [0.5, 0.6) is 0 Å². The van der Waals surface area contributed by atoms with E-state index in [9.17, 15) is 4.79 Å². The molecule has 1 unspecified atom stereocenters. The lowest BCUT2D eigenvalue weighted by Gasteiger charge is -2.19. The molecule has 0 aliphatic rings. The molecular weight excluding hydrogens is 286 g/mol. The normalized spacial score (nSPS) is 11.5. The lowest BCUT2D eigenvalue weighted by molar-refractivity contribution is 0.135. The van der Waals surface area contributed by atoms with Gasteiger partial charge in [0.15, 0.2) is 0 Å². The Kier molecular flexibility index (Phi) is 6.92. The molecule has 0 aromatic heterocycles. The fraction of sp³-hybridized carbons (Fsp3) is 0.250. The molecule has 3 nitrogen and oxygen atoms in total. The molecule has 0 aliphatic heterocycles. The van der Waals surface area contributed by atoms with Crippen LogP contribution < -0.4 is 5.32 Å². The standard InChI is InChI=1S/C20H23NO2/c1-2-3-6-15-19(18-13-9-5-10-14-18)21-20(22)23-16-17-11-7-4-8-12-17/h2,4-5,7-14,19H,1,3,6,15-16H2,(H,21,22). The van der Waals surface area contributed by atoms with Gasteiger partial charge in [-0.25, -0.2) is 4.79 Å². The van der Waals surface area contributed by atoms with Gasteiger partial charge in [-0.2, -0.15) is 0 Å². The summed E-state index contributed by atoms with van der Waals surface area (Å²) >= 11 is 0. The minimum absolute atomic E-state index is 0.0422. The average molecular weight is 309 g/mol. The van der Waals surface area contributed by atoms with E-state index in [1.54, 1.807) is 0 Å². The Morgan fingerprint density at radius 2 is 1.74 bits per heavy atom. The zero-order chi connectivity index (χ0) is 16.3. The lowest BCUT2D eigenvalue weighted by atomic mass is 10.0. The molecule has 0 bridgehead atoms. The number of ether oxygens (including phenoxy) is 1. The number of hydrogen-bond acceptors (Lipinski definition) is 2. The third-order valence-corrected chi connectivity index (χ3v) is 3.61. The van der Waals surface area contributed by atoms with Gasteiger partial charge < -0.3 is 10.1 Å². The van der Waals surface area contributed by atoms with Gasteiger partial charge in [0.05, 0.1) is 6.04 Å². The summed E-state index contributed by atoms with van der Waals surface area (Å²) in [6, 6.07) is 19.6. The molecule has 2 aromatic carbocycles. The number of benzene rings is 2. The van der Waals surface area contributed by atoms with E-state index < -0.39 is 0 Å². The zero-order valence-corrected chi connectivity index (χ0v) is 13.3. The lowest BCUT2D eigenvalue weighted by Crippen LogP contribution is -2.29. The summed E-state index contributed by atoms with van der Waals surface area (Å²) in [5, 5.41) is 2.97. The average Bonchev–Trinajstić information content (AvgIpc) is 2.61. The molecule has 0 heterocycles. The van der Waals surface area contributed by atoms with Crippen LogP contribution in [-0.4, -0.2) is 6.09 Å². The summed E-state index contributed by atoms with van der Waals surface area (Å²) < 4.78 is 5.32. The number of allylic oxidation sites excluding steroid dienone is 1. The first-order chi connectivity index (χ1) is 11.3. The molecule has 0 saturated heterocycles. The van der Waals surface area contributed by atoms with Crippen molar-refractivity contribution in [1.82, 2.24) is 5.32 Å². The van der Waals surface area contributed by atoms with Crippen molar-refractivity contribution in [2.24, 2.45) is 0 Å².